The van der Waals surface area contributed by atoms with Crippen molar-refractivity contribution in [3.63, 3.8) is 0 Å². The third-order valence-electron chi connectivity index (χ3n) is 2.57. The Morgan fingerprint density at radius 1 is 1.11 bits per heavy atom. The van der Waals surface area contributed by atoms with Gasteiger partial charge in [0.2, 0.25) is 0 Å². The Morgan fingerprint density at radius 3 is 2.56 bits per heavy atom. The molecule has 2 heteroatoms. The molecule has 0 fully saturated rings. The van der Waals surface area contributed by atoms with Gasteiger partial charge in [0, 0.05) is 11.1 Å². The van der Waals surface area contributed by atoms with Crippen LogP contribution in [0.1, 0.15) is 5.56 Å². The van der Waals surface area contributed by atoms with E-state index in [1.54, 1.807) is 18.3 Å². The minimum atomic E-state index is 0.852. The zero-order valence-corrected chi connectivity index (χ0v) is 10.1. The van der Waals surface area contributed by atoms with Gasteiger partial charge in [-0.1, -0.05) is 61.7 Å². The Labute approximate surface area is 107 Å². The average molecular weight is 234 g/mol. The number of rotatable bonds is 4. The van der Waals surface area contributed by atoms with Crippen molar-refractivity contribution in [2.24, 2.45) is 0 Å². The summed E-state index contributed by atoms with van der Waals surface area (Å²) in [6, 6.07) is 12.0. The summed E-state index contributed by atoms with van der Waals surface area (Å²) < 4.78 is 0. The maximum absolute atomic E-state index is 4.15. The molecule has 0 atom stereocenters. The molecule has 0 saturated carbocycles. The zero-order valence-electron chi connectivity index (χ0n) is 10.1. The molecular weight excluding hydrogens is 220 g/mol. The van der Waals surface area contributed by atoms with Gasteiger partial charge in [0.15, 0.2) is 0 Å². The van der Waals surface area contributed by atoms with E-state index in [1.807, 2.05) is 42.5 Å². The van der Waals surface area contributed by atoms with Gasteiger partial charge in [-0.3, -0.25) is 0 Å². The van der Waals surface area contributed by atoms with E-state index in [1.165, 1.54) is 0 Å². The van der Waals surface area contributed by atoms with Crippen LogP contribution in [0.3, 0.4) is 0 Å². The normalized spacial score (nSPS) is 11.0. The van der Waals surface area contributed by atoms with E-state index in [4.69, 9.17) is 0 Å². The third kappa shape index (κ3) is 2.61. The van der Waals surface area contributed by atoms with Crippen LogP contribution in [0.15, 0.2) is 74.0 Å². The summed E-state index contributed by atoms with van der Waals surface area (Å²) in [6.07, 6.45) is 7.15. The van der Waals surface area contributed by atoms with E-state index in [0.717, 1.165) is 22.4 Å². The topological polar surface area (TPSA) is 25.8 Å². The lowest BCUT2D eigenvalue weighted by Crippen LogP contribution is -1.90. The summed E-state index contributed by atoms with van der Waals surface area (Å²) in [4.78, 5) is 0. The first-order chi connectivity index (χ1) is 8.85. The fourth-order valence-corrected chi connectivity index (χ4v) is 1.68. The maximum atomic E-state index is 4.15. The molecule has 88 valence electrons. The van der Waals surface area contributed by atoms with Crippen LogP contribution >= 0.6 is 0 Å². The molecule has 1 heterocycles. The molecule has 1 aromatic carbocycles. The molecule has 0 saturated heterocycles. The molecule has 2 nitrogen and oxygen atoms in total. The zero-order chi connectivity index (χ0) is 12.8. The number of allylic oxidation sites excluding steroid dienone is 4. The van der Waals surface area contributed by atoms with Crippen molar-refractivity contribution in [1.29, 1.82) is 0 Å². The lowest BCUT2D eigenvalue weighted by atomic mass is 10.0. The Morgan fingerprint density at radius 2 is 1.89 bits per heavy atom. The van der Waals surface area contributed by atoms with Crippen LogP contribution in [0, 0.1) is 0 Å². The van der Waals surface area contributed by atoms with Crippen molar-refractivity contribution in [1.82, 2.24) is 10.2 Å². The van der Waals surface area contributed by atoms with Crippen LogP contribution in [0.25, 0.3) is 16.8 Å². The second-order valence-corrected chi connectivity index (χ2v) is 3.76. The highest BCUT2D eigenvalue weighted by atomic mass is 15.1. The van der Waals surface area contributed by atoms with Gasteiger partial charge in [-0.2, -0.15) is 10.2 Å². The molecule has 0 aliphatic rings. The molecule has 0 aliphatic heterocycles. The summed E-state index contributed by atoms with van der Waals surface area (Å²) in [7, 11) is 0. The Kier molecular flexibility index (Phi) is 3.82. The molecule has 0 N–H and O–H groups in total. The largest absolute Gasteiger partial charge is 0.158 e. The van der Waals surface area contributed by atoms with Gasteiger partial charge < -0.3 is 0 Å². The monoisotopic (exact) mass is 234 g/mol. The van der Waals surface area contributed by atoms with Gasteiger partial charge in [-0.15, -0.1) is 0 Å². The number of nitrogens with zero attached hydrogens (tertiary/aromatic N) is 2. The summed E-state index contributed by atoms with van der Waals surface area (Å²) in [5.74, 6) is 0. The molecule has 0 radical (unpaired) electrons. The van der Waals surface area contributed by atoms with Crippen LogP contribution < -0.4 is 0 Å². The number of hydrogen-bond donors (Lipinski definition) is 0. The first-order valence-electron chi connectivity index (χ1n) is 5.69. The Hall–Kier alpha value is -2.48. The highest BCUT2D eigenvalue weighted by Crippen LogP contribution is 2.21. The van der Waals surface area contributed by atoms with Crippen molar-refractivity contribution >= 4 is 5.57 Å². The smallest absolute Gasteiger partial charge is 0.0935 e. The van der Waals surface area contributed by atoms with E-state index < -0.39 is 0 Å². The number of aromatic nitrogens is 2. The van der Waals surface area contributed by atoms with E-state index in [9.17, 15) is 0 Å². The lowest BCUT2D eigenvalue weighted by molar-refractivity contribution is 1.03. The van der Waals surface area contributed by atoms with Gasteiger partial charge in [0.05, 0.1) is 11.9 Å². The standard InChI is InChI=1S/C16H14N2/c1-3-8-13(4-2)15-11-16(18-17-12-15)14-9-6-5-7-10-14/h3-12H,1-2H2/b13-8+. The fraction of sp³-hybridized carbons (Fsp3) is 0. The highest BCUT2D eigenvalue weighted by molar-refractivity contribution is 5.76. The van der Waals surface area contributed by atoms with Crippen LogP contribution in [0.4, 0.5) is 0 Å². The van der Waals surface area contributed by atoms with Gasteiger partial charge in [-0.05, 0) is 11.6 Å². The average Bonchev–Trinajstić information content (AvgIpc) is 2.46. The van der Waals surface area contributed by atoms with Crippen molar-refractivity contribution in [2.45, 2.75) is 0 Å². The predicted molar refractivity (Wildman–Crippen MR) is 75.8 cm³/mol. The number of hydrogen-bond acceptors (Lipinski definition) is 2. The van der Waals surface area contributed by atoms with Crippen LogP contribution in [0.5, 0.6) is 0 Å². The van der Waals surface area contributed by atoms with Gasteiger partial charge in [-0.25, -0.2) is 0 Å². The van der Waals surface area contributed by atoms with Crippen molar-refractivity contribution in [3.05, 3.63) is 79.5 Å². The molecule has 1 aromatic heterocycles. The van der Waals surface area contributed by atoms with Crippen LogP contribution in [0.2, 0.25) is 0 Å². The van der Waals surface area contributed by atoms with E-state index in [0.29, 0.717) is 0 Å². The summed E-state index contributed by atoms with van der Waals surface area (Å²) in [5, 5.41) is 8.19. The quantitative estimate of drug-likeness (QED) is 0.750. The second kappa shape index (κ2) is 5.73. The number of benzene rings is 1. The first kappa shape index (κ1) is 12.0. The molecule has 0 aliphatic carbocycles. The Balaban J connectivity index is 2.45. The second-order valence-electron chi connectivity index (χ2n) is 3.76. The lowest BCUT2D eigenvalue weighted by Gasteiger charge is -2.04. The molecular formula is C16H14N2. The summed E-state index contributed by atoms with van der Waals surface area (Å²) in [5.41, 5.74) is 3.87. The molecule has 0 bridgehead atoms. The predicted octanol–water partition coefficient (Wildman–Crippen LogP) is 3.90. The van der Waals surface area contributed by atoms with Gasteiger partial charge >= 0.3 is 0 Å². The Bertz CT molecular complexity index is 583. The van der Waals surface area contributed by atoms with E-state index in [2.05, 4.69) is 23.4 Å². The summed E-state index contributed by atoms with van der Waals surface area (Å²) in [6.45, 7) is 7.49. The SMILES string of the molecule is C=C/C=C(\C=C)c1cnnc(-c2ccccc2)c1. The highest BCUT2D eigenvalue weighted by Gasteiger charge is 2.03. The molecule has 0 spiro atoms. The van der Waals surface area contributed by atoms with Crippen LogP contribution in [-0.2, 0) is 0 Å². The molecule has 18 heavy (non-hydrogen) atoms. The van der Waals surface area contributed by atoms with Gasteiger partial charge in [0.1, 0.15) is 0 Å². The molecule has 2 aromatic rings. The van der Waals surface area contributed by atoms with Crippen LogP contribution in [-0.4, -0.2) is 10.2 Å². The first-order valence-corrected chi connectivity index (χ1v) is 5.69. The van der Waals surface area contributed by atoms with Crippen molar-refractivity contribution < 1.29 is 0 Å². The molecule has 2 rings (SSSR count). The van der Waals surface area contributed by atoms with E-state index in [-0.39, 0.29) is 0 Å². The fourth-order valence-electron chi connectivity index (χ4n) is 1.68. The summed E-state index contributed by atoms with van der Waals surface area (Å²) >= 11 is 0. The maximum Gasteiger partial charge on any atom is 0.0935 e. The minimum absolute atomic E-state index is 0.852. The van der Waals surface area contributed by atoms with Crippen molar-refractivity contribution in [3.8, 4) is 11.3 Å². The minimum Gasteiger partial charge on any atom is -0.158 e. The molecule has 0 unspecified atom stereocenters. The van der Waals surface area contributed by atoms with Crippen molar-refractivity contribution in [2.75, 3.05) is 0 Å². The van der Waals surface area contributed by atoms with E-state index >= 15 is 0 Å². The van der Waals surface area contributed by atoms with Gasteiger partial charge in [0.25, 0.3) is 0 Å². The molecule has 0 amide bonds. The third-order valence-corrected chi connectivity index (χ3v) is 2.57.